The van der Waals surface area contributed by atoms with E-state index in [1.807, 2.05) is 6.92 Å². The first kappa shape index (κ1) is 21.7. The summed E-state index contributed by atoms with van der Waals surface area (Å²) in [6.45, 7) is 6.99. The van der Waals surface area contributed by atoms with Gasteiger partial charge in [-0.3, -0.25) is 4.79 Å². The van der Waals surface area contributed by atoms with Crippen LogP contribution in [0.1, 0.15) is 46.0 Å². The summed E-state index contributed by atoms with van der Waals surface area (Å²) in [5.74, 6) is 0.735. The van der Waals surface area contributed by atoms with Crippen LogP contribution in [-0.4, -0.2) is 56.6 Å². The van der Waals surface area contributed by atoms with Crippen LogP contribution in [0.2, 0.25) is 0 Å². The maximum absolute atomic E-state index is 12.4. The summed E-state index contributed by atoms with van der Waals surface area (Å²) in [4.78, 5) is 12.4. The number of unbranched alkanes of at least 4 members (excludes halogenated alkanes) is 1. The predicted molar refractivity (Wildman–Crippen MR) is 98.8 cm³/mol. The third-order valence-corrected chi connectivity index (χ3v) is 7.04. The van der Waals surface area contributed by atoms with Gasteiger partial charge < -0.3 is 10.6 Å². The van der Waals surface area contributed by atoms with Gasteiger partial charge in [-0.05, 0) is 44.7 Å². The SMILES string of the molecule is CCCCS(=O)(=O)N1CCC(C(=O)NC2CCNCC2C)CC1.Cl. The van der Waals surface area contributed by atoms with E-state index < -0.39 is 10.0 Å². The number of rotatable bonds is 6. The van der Waals surface area contributed by atoms with E-state index in [2.05, 4.69) is 17.6 Å². The molecule has 2 unspecified atom stereocenters. The number of carbonyl (C=O) groups excluding carboxylic acids is 1. The molecule has 0 spiro atoms. The first-order valence-electron chi connectivity index (χ1n) is 8.93. The summed E-state index contributed by atoms with van der Waals surface area (Å²) in [7, 11) is -3.14. The van der Waals surface area contributed by atoms with E-state index >= 15 is 0 Å². The first-order valence-corrected chi connectivity index (χ1v) is 10.5. The fourth-order valence-electron chi connectivity index (χ4n) is 3.38. The maximum atomic E-state index is 12.4. The van der Waals surface area contributed by atoms with Gasteiger partial charge in [0.05, 0.1) is 5.75 Å². The van der Waals surface area contributed by atoms with Crippen molar-refractivity contribution in [3.8, 4) is 0 Å². The molecule has 2 N–H and O–H groups in total. The van der Waals surface area contributed by atoms with Crippen molar-refractivity contribution in [3.05, 3.63) is 0 Å². The van der Waals surface area contributed by atoms with Gasteiger partial charge in [0, 0.05) is 25.0 Å². The van der Waals surface area contributed by atoms with E-state index in [0.29, 0.717) is 38.3 Å². The van der Waals surface area contributed by atoms with Gasteiger partial charge in [0.2, 0.25) is 15.9 Å². The normalized spacial score (nSPS) is 26.6. The molecule has 2 rings (SSSR count). The lowest BCUT2D eigenvalue weighted by atomic mass is 9.92. The van der Waals surface area contributed by atoms with E-state index in [4.69, 9.17) is 0 Å². The molecule has 0 aromatic carbocycles. The predicted octanol–water partition coefficient (Wildman–Crippen LogP) is 1.36. The Morgan fingerprint density at radius 1 is 1.25 bits per heavy atom. The van der Waals surface area contributed by atoms with Crippen molar-refractivity contribution in [1.29, 1.82) is 0 Å². The summed E-state index contributed by atoms with van der Waals surface area (Å²) in [5, 5.41) is 6.51. The molecule has 2 fully saturated rings. The average Bonchev–Trinajstić information content (AvgIpc) is 2.55. The summed E-state index contributed by atoms with van der Waals surface area (Å²) >= 11 is 0. The van der Waals surface area contributed by atoms with Gasteiger partial charge >= 0.3 is 0 Å². The molecule has 0 aromatic heterocycles. The van der Waals surface area contributed by atoms with Crippen molar-refractivity contribution in [3.63, 3.8) is 0 Å². The number of nitrogens with one attached hydrogen (secondary N) is 2. The molecule has 2 atom stereocenters. The highest BCUT2D eigenvalue weighted by atomic mass is 35.5. The molecule has 8 heteroatoms. The lowest BCUT2D eigenvalue weighted by Crippen LogP contribution is -2.51. The summed E-state index contributed by atoms with van der Waals surface area (Å²) in [5.41, 5.74) is 0. The molecular formula is C16H32ClN3O3S. The maximum Gasteiger partial charge on any atom is 0.223 e. The zero-order valence-corrected chi connectivity index (χ0v) is 16.4. The number of halogens is 1. The second-order valence-corrected chi connectivity index (χ2v) is 9.02. The Bertz CT molecular complexity index is 493. The molecule has 0 bridgehead atoms. The number of sulfonamides is 1. The fraction of sp³-hybridized carbons (Fsp3) is 0.938. The third kappa shape index (κ3) is 5.86. The van der Waals surface area contributed by atoms with Gasteiger partial charge in [-0.25, -0.2) is 12.7 Å². The van der Waals surface area contributed by atoms with Crippen molar-refractivity contribution < 1.29 is 13.2 Å². The minimum Gasteiger partial charge on any atom is -0.353 e. The van der Waals surface area contributed by atoms with Crippen LogP contribution in [-0.2, 0) is 14.8 Å². The van der Waals surface area contributed by atoms with Crippen LogP contribution in [0.25, 0.3) is 0 Å². The molecule has 6 nitrogen and oxygen atoms in total. The Hall–Kier alpha value is -0.370. The number of amides is 1. The van der Waals surface area contributed by atoms with Crippen molar-refractivity contribution >= 4 is 28.3 Å². The number of piperidine rings is 2. The van der Waals surface area contributed by atoms with Crippen molar-refractivity contribution in [2.45, 2.75) is 52.0 Å². The second-order valence-electron chi connectivity index (χ2n) is 6.93. The standard InChI is InChI=1S/C16H31N3O3S.ClH/c1-3-4-11-23(21,22)19-9-6-14(7-10-19)16(20)18-15-5-8-17-12-13(15)2;/h13-15,17H,3-12H2,1-2H3,(H,18,20);1H. The van der Waals surface area contributed by atoms with Crippen LogP contribution in [0.5, 0.6) is 0 Å². The summed E-state index contributed by atoms with van der Waals surface area (Å²) in [6.07, 6.45) is 3.83. The monoisotopic (exact) mass is 381 g/mol. The van der Waals surface area contributed by atoms with Gasteiger partial charge in [-0.2, -0.15) is 0 Å². The van der Waals surface area contributed by atoms with Crippen LogP contribution in [0.15, 0.2) is 0 Å². The smallest absolute Gasteiger partial charge is 0.223 e. The molecule has 2 aliphatic heterocycles. The minimum absolute atomic E-state index is 0. The summed E-state index contributed by atoms with van der Waals surface area (Å²) < 4.78 is 26.0. The van der Waals surface area contributed by atoms with E-state index in [1.54, 1.807) is 4.31 Å². The molecule has 142 valence electrons. The van der Waals surface area contributed by atoms with E-state index in [0.717, 1.165) is 25.9 Å². The topological polar surface area (TPSA) is 78.5 Å². The Morgan fingerprint density at radius 3 is 2.50 bits per heavy atom. The van der Waals surface area contributed by atoms with Gasteiger partial charge in [0.15, 0.2) is 0 Å². The molecule has 0 aliphatic carbocycles. The highest BCUT2D eigenvalue weighted by Gasteiger charge is 2.32. The highest BCUT2D eigenvalue weighted by Crippen LogP contribution is 2.21. The van der Waals surface area contributed by atoms with Crippen molar-refractivity contribution in [2.75, 3.05) is 31.9 Å². The molecule has 0 saturated carbocycles. The first-order chi connectivity index (χ1) is 10.9. The number of hydrogen-bond donors (Lipinski definition) is 2. The number of nitrogens with zero attached hydrogens (tertiary/aromatic N) is 1. The lowest BCUT2D eigenvalue weighted by molar-refractivity contribution is -0.127. The summed E-state index contributed by atoms with van der Waals surface area (Å²) in [6, 6.07) is 0.245. The molecule has 24 heavy (non-hydrogen) atoms. The zero-order chi connectivity index (χ0) is 16.9. The quantitative estimate of drug-likeness (QED) is 0.728. The third-order valence-electron chi connectivity index (χ3n) is 5.09. The van der Waals surface area contributed by atoms with Crippen LogP contribution in [0.4, 0.5) is 0 Å². The Morgan fingerprint density at radius 2 is 1.92 bits per heavy atom. The van der Waals surface area contributed by atoms with Crippen LogP contribution in [0, 0.1) is 11.8 Å². The second kappa shape index (κ2) is 9.94. The number of carbonyl (C=O) groups is 1. The van der Waals surface area contributed by atoms with E-state index in [1.165, 1.54) is 0 Å². The lowest BCUT2D eigenvalue weighted by Gasteiger charge is -2.34. The van der Waals surface area contributed by atoms with Gasteiger partial charge in [-0.15, -0.1) is 12.4 Å². The van der Waals surface area contributed by atoms with Crippen molar-refractivity contribution in [2.24, 2.45) is 11.8 Å². The minimum atomic E-state index is -3.14. The molecule has 0 aromatic rings. The number of hydrogen-bond acceptors (Lipinski definition) is 4. The Kier molecular flexibility index (Phi) is 8.98. The van der Waals surface area contributed by atoms with Gasteiger partial charge in [0.25, 0.3) is 0 Å². The molecule has 2 heterocycles. The van der Waals surface area contributed by atoms with E-state index in [9.17, 15) is 13.2 Å². The molecule has 1 amide bonds. The molecule has 2 saturated heterocycles. The van der Waals surface area contributed by atoms with Crippen LogP contribution >= 0.6 is 12.4 Å². The largest absolute Gasteiger partial charge is 0.353 e. The average molecular weight is 382 g/mol. The molecular weight excluding hydrogens is 350 g/mol. The zero-order valence-electron chi connectivity index (χ0n) is 14.8. The molecule has 0 radical (unpaired) electrons. The van der Waals surface area contributed by atoms with Crippen LogP contribution < -0.4 is 10.6 Å². The fourth-order valence-corrected chi connectivity index (χ4v) is 5.06. The van der Waals surface area contributed by atoms with Gasteiger partial charge in [0.1, 0.15) is 0 Å². The Labute approximate surface area is 152 Å². The highest BCUT2D eigenvalue weighted by molar-refractivity contribution is 7.89. The van der Waals surface area contributed by atoms with Gasteiger partial charge in [-0.1, -0.05) is 20.3 Å². The van der Waals surface area contributed by atoms with Crippen LogP contribution in [0.3, 0.4) is 0 Å². The van der Waals surface area contributed by atoms with Crippen molar-refractivity contribution in [1.82, 2.24) is 14.9 Å². The Balaban J connectivity index is 0.00000288. The van der Waals surface area contributed by atoms with E-state index in [-0.39, 0.29) is 36.0 Å². The molecule has 2 aliphatic rings.